The van der Waals surface area contributed by atoms with Crippen LogP contribution in [-0.4, -0.2) is 150 Å². The van der Waals surface area contributed by atoms with E-state index < -0.39 is 104 Å². The van der Waals surface area contributed by atoms with Crippen molar-refractivity contribution < 1.29 is 70.0 Å². The highest BCUT2D eigenvalue weighted by Crippen LogP contribution is 2.68. The number of aliphatic hydroxyl groups excluding tert-OH is 10. The summed E-state index contributed by atoms with van der Waals surface area (Å²) in [5.41, 5.74) is 0.390. The fourth-order valence-electron chi connectivity index (χ4n) is 11.6. The van der Waals surface area contributed by atoms with Crippen LogP contribution in [0.4, 0.5) is 0 Å². The highest BCUT2D eigenvalue weighted by Gasteiger charge is 2.65. The number of aliphatic hydroxyl groups is 10. The number of hydrogen-bond donors (Lipinski definition) is 10. The maximum absolute atomic E-state index is 11.7. The monoisotopic (exact) mass is 758 g/mol. The molecule has 0 aromatic rings. The molecule has 0 spiro atoms. The second-order valence-corrected chi connectivity index (χ2v) is 18.1. The molecule has 5 fully saturated rings. The van der Waals surface area contributed by atoms with E-state index in [0.29, 0.717) is 31.6 Å². The van der Waals surface area contributed by atoms with Crippen molar-refractivity contribution in [3.63, 3.8) is 0 Å². The smallest absolute Gasteiger partial charge is 0.187 e. The topological polar surface area (TPSA) is 239 Å². The summed E-state index contributed by atoms with van der Waals surface area (Å²) in [5.74, 6) is 0.550. The first kappa shape index (κ1) is 41.8. The normalized spacial score (nSPS) is 51.2. The van der Waals surface area contributed by atoms with E-state index in [1.807, 2.05) is 0 Å². The van der Waals surface area contributed by atoms with Gasteiger partial charge in [0.2, 0.25) is 0 Å². The number of rotatable bonds is 11. The van der Waals surface area contributed by atoms with Crippen LogP contribution in [0.2, 0.25) is 0 Å². The Morgan fingerprint density at radius 1 is 0.792 bits per heavy atom. The van der Waals surface area contributed by atoms with Crippen LogP contribution in [0.3, 0.4) is 0 Å². The van der Waals surface area contributed by atoms with E-state index in [-0.39, 0.29) is 35.0 Å². The summed E-state index contributed by atoms with van der Waals surface area (Å²) in [5, 5.41) is 108. The second kappa shape index (κ2) is 16.2. The molecule has 0 amide bonds. The molecule has 14 heteroatoms. The van der Waals surface area contributed by atoms with E-state index in [1.165, 1.54) is 0 Å². The Kier molecular flexibility index (Phi) is 12.8. The Labute approximate surface area is 312 Å². The molecular formula is C39H66O14. The van der Waals surface area contributed by atoms with Crippen LogP contribution in [0, 0.1) is 46.3 Å². The van der Waals surface area contributed by atoms with Crippen LogP contribution in [0.1, 0.15) is 86.0 Å². The zero-order chi connectivity index (χ0) is 38.7. The molecule has 6 aliphatic rings. The van der Waals surface area contributed by atoms with E-state index in [9.17, 15) is 51.1 Å². The molecule has 2 aliphatic heterocycles. The van der Waals surface area contributed by atoms with Crippen molar-refractivity contribution in [2.75, 3.05) is 13.2 Å². The SMILES string of the molecule is CC(C)CC[C@H](O)[C@@H](C)[C@H]1[C@@H](O[C@@H]2O[C@H](CO)[C@@H](O)[C@H](O[C@@H]3O[C@H](CO)[C@@H](O)[C@H](O)[C@H]3O)[C@H]2O)C[C@H]2[C@@H]3CC=C4C[C@@H](O)C[C@@H](O)[C@]4(C)[C@H]3CC[C@]12C. The van der Waals surface area contributed by atoms with E-state index in [0.717, 1.165) is 31.3 Å². The van der Waals surface area contributed by atoms with Crippen LogP contribution in [0.15, 0.2) is 11.6 Å². The standard InChI is InChI=1S/C39H66O14/c1-17(2)6-9-24(43)18(3)29-25(14-23-21-8-7-19-12-20(42)13-28(44)39(19,5)22(21)10-11-38(23,29)4)50-37-34(49)35(31(46)27(16-41)52-37)53-36-33(48)32(47)30(45)26(15-40)51-36/h7,17-18,20-37,40-49H,6,8-16H2,1-5H3/t18-,20-,21-,22+,23+,24+,25+,26-,27-,28-,29+,30-,31-,32+,33-,34-,35+,36+,37-,38+,39+/m1/s1. The summed E-state index contributed by atoms with van der Waals surface area (Å²) in [7, 11) is 0. The summed E-state index contributed by atoms with van der Waals surface area (Å²) >= 11 is 0. The average Bonchev–Trinajstić information content (AvgIpc) is 3.41. The third-order valence-electron chi connectivity index (χ3n) is 14.7. The Balaban J connectivity index is 1.29. The molecule has 14 nitrogen and oxygen atoms in total. The second-order valence-electron chi connectivity index (χ2n) is 18.1. The molecule has 2 heterocycles. The lowest BCUT2D eigenvalue weighted by Crippen LogP contribution is -2.65. The number of hydrogen-bond acceptors (Lipinski definition) is 14. The zero-order valence-corrected chi connectivity index (χ0v) is 31.8. The third kappa shape index (κ3) is 7.42. The Bertz CT molecular complexity index is 1270. The van der Waals surface area contributed by atoms with Gasteiger partial charge in [0.1, 0.15) is 48.8 Å². The van der Waals surface area contributed by atoms with Crippen molar-refractivity contribution in [3.8, 4) is 0 Å². The molecule has 3 saturated carbocycles. The van der Waals surface area contributed by atoms with Gasteiger partial charge in [-0.25, -0.2) is 0 Å². The van der Waals surface area contributed by atoms with E-state index in [1.54, 1.807) is 0 Å². The maximum Gasteiger partial charge on any atom is 0.187 e. The van der Waals surface area contributed by atoms with E-state index in [4.69, 9.17) is 18.9 Å². The molecule has 306 valence electrons. The minimum atomic E-state index is -1.79. The van der Waals surface area contributed by atoms with E-state index in [2.05, 4.69) is 40.7 Å². The van der Waals surface area contributed by atoms with Crippen molar-refractivity contribution in [2.45, 2.75) is 172 Å². The molecule has 0 unspecified atom stereocenters. The molecule has 0 radical (unpaired) electrons. The summed E-state index contributed by atoms with van der Waals surface area (Å²) in [6.45, 7) is 9.38. The average molecular weight is 759 g/mol. The molecule has 53 heavy (non-hydrogen) atoms. The summed E-state index contributed by atoms with van der Waals surface area (Å²) in [6, 6.07) is 0. The fraction of sp³-hybridized carbons (Fsp3) is 0.949. The van der Waals surface area contributed by atoms with Gasteiger partial charge in [0.15, 0.2) is 12.6 Å². The number of ether oxygens (including phenoxy) is 4. The maximum atomic E-state index is 11.7. The molecule has 2 saturated heterocycles. The summed E-state index contributed by atoms with van der Waals surface area (Å²) in [4.78, 5) is 0. The third-order valence-corrected chi connectivity index (χ3v) is 14.7. The van der Waals surface area contributed by atoms with Crippen LogP contribution < -0.4 is 0 Å². The summed E-state index contributed by atoms with van der Waals surface area (Å²) in [6.07, 6.45) is -10.3. The first-order valence-corrected chi connectivity index (χ1v) is 19.9. The van der Waals surface area contributed by atoms with Gasteiger partial charge in [-0.1, -0.05) is 46.3 Å². The minimum Gasteiger partial charge on any atom is -0.394 e. The van der Waals surface area contributed by atoms with Gasteiger partial charge in [-0.15, -0.1) is 0 Å². The van der Waals surface area contributed by atoms with Crippen LogP contribution >= 0.6 is 0 Å². The molecular weight excluding hydrogens is 692 g/mol. The van der Waals surface area contributed by atoms with Crippen LogP contribution in [0.5, 0.6) is 0 Å². The van der Waals surface area contributed by atoms with Crippen molar-refractivity contribution in [1.82, 2.24) is 0 Å². The first-order valence-electron chi connectivity index (χ1n) is 19.9. The fourth-order valence-corrected chi connectivity index (χ4v) is 11.6. The molecule has 21 atom stereocenters. The lowest BCUT2D eigenvalue weighted by molar-refractivity contribution is -0.365. The van der Waals surface area contributed by atoms with Gasteiger partial charge in [-0.05, 0) is 85.9 Å². The molecule has 0 aromatic carbocycles. The first-order chi connectivity index (χ1) is 25.0. The largest absolute Gasteiger partial charge is 0.394 e. The Morgan fingerprint density at radius 2 is 1.43 bits per heavy atom. The van der Waals surface area contributed by atoms with Gasteiger partial charge in [0.05, 0.1) is 37.6 Å². The number of fused-ring (bicyclic) bond motifs is 5. The predicted octanol–water partition coefficient (Wildman–Crippen LogP) is -0.0505. The van der Waals surface area contributed by atoms with Gasteiger partial charge in [-0.2, -0.15) is 0 Å². The van der Waals surface area contributed by atoms with Gasteiger partial charge >= 0.3 is 0 Å². The predicted molar refractivity (Wildman–Crippen MR) is 188 cm³/mol. The molecule has 0 bridgehead atoms. The lowest BCUT2D eigenvalue weighted by Gasteiger charge is -2.59. The van der Waals surface area contributed by atoms with Gasteiger partial charge in [-0.3, -0.25) is 0 Å². The van der Waals surface area contributed by atoms with Crippen molar-refractivity contribution in [3.05, 3.63) is 11.6 Å². The van der Waals surface area contributed by atoms with Crippen LogP contribution in [-0.2, 0) is 18.9 Å². The summed E-state index contributed by atoms with van der Waals surface area (Å²) < 4.78 is 24.1. The number of allylic oxidation sites excluding steroid dienone is 1. The Hall–Kier alpha value is -0.820. The highest BCUT2D eigenvalue weighted by atomic mass is 16.7. The Morgan fingerprint density at radius 3 is 2.08 bits per heavy atom. The van der Waals surface area contributed by atoms with Crippen molar-refractivity contribution >= 4 is 0 Å². The van der Waals surface area contributed by atoms with Crippen molar-refractivity contribution in [1.29, 1.82) is 0 Å². The quantitative estimate of drug-likeness (QED) is 0.124. The van der Waals surface area contributed by atoms with Gasteiger partial charge < -0.3 is 70.0 Å². The molecule has 10 N–H and O–H groups in total. The van der Waals surface area contributed by atoms with E-state index >= 15 is 0 Å². The molecule has 6 rings (SSSR count). The van der Waals surface area contributed by atoms with Crippen molar-refractivity contribution in [2.24, 2.45) is 46.3 Å². The van der Waals surface area contributed by atoms with Gasteiger partial charge in [0, 0.05) is 11.8 Å². The zero-order valence-electron chi connectivity index (χ0n) is 31.8. The molecule has 4 aliphatic carbocycles. The molecule has 0 aromatic heterocycles. The minimum absolute atomic E-state index is 0.130. The highest BCUT2D eigenvalue weighted by molar-refractivity contribution is 5.28. The lowest BCUT2D eigenvalue weighted by atomic mass is 9.46. The van der Waals surface area contributed by atoms with Gasteiger partial charge in [0.25, 0.3) is 0 Å². The van der Waals surface area contributed by atoms with Crippen LogP contribution in [0.25, 0.3) is 0 Å².